The van der Waals surface area contributed by atoms with Crippen molar-refractivity contribution in [2.75, 3.05) is 0 Å². The second-order valence-electron chi connectivity index (χ2n) is 5.24. The van der Waals surface area contributed by atoms with Gasteiger partial charge in [-0.2, -0.15) is 0 Å². The van der Waals surface area contributed by atoms with E-state index in [1.807, 2.05) is 6.92 Å². The first-order valence-electron chi connectivity index (χ1n) is 6.91. The molecule has 0 saturated heterocycles. The number of rotatable bonds is 3. The molecule has 1 amide bonds. The van der Waals surface area contributed by atoms with Crippen molar-refractivity contribution in [3.05, 3.63) is 11.6 Å². The normalized spacial score (nSPS) is 24.6. The average Bonchev–Trinajstić information content (AvgIpc) is 2.76. The summed E-state index contributed by atoms with van der Waals surface area (Å²) in [5.41, 5.74) is 0. The van der Waals surface area contributed by atoms with E-state index in [1.165, 1.54) is 19.3 Å². The standard InChI is InChI=1S/C13H22N4O/c1-3-11-15-12(17-16-11)13(18)14-10-6-4-5-9(2)7-8-10/h9-10H,3-8H2,1-2H3,(H,14,18)(H,15,16,17). The zero-order valence-electron chi connectivity index (χ0n) is 11.2. The highest BCUT2D eigenvalue weighted by atomic mass is 16.2. The number of amides is 1. The fourth-order valence-electron chi connectivity index (χ4n) is 2.44. The van der Waals surface area contributed by atoms with E-state index in [1.54, 1.807) is 0 Å². The first-order valence-corrected chi connectivity index (χ1v) is 6.91. The van der Waals surface area contributed by atoms with E-state index in [0.29, 0.717) is 0 Å². The Kier molecular flexibility index (Phi) is 4.33. The van der Waals surface area contributed by atoms with Gasteiger partial charge >= 0.3 is 0 Å². The number of nitrogens with one attached hydrogen (secondary N) is 2. The molecule has 5 nitrogen and oxygen atoms in total. The maximum Gasteiger partial charge on any atom is 0.291 e. The predicted octanol–water partition coefficient (Wildman–Crippen LogP) is 2.07. The summed E-state index contributed by atoms with van der Waals surface area (Å²) in [5.74, 6) is 1.66. The van der Waals surface area contributed by atoms with Gasteiger partial charge in [-0.3, -0.25) is 9.89 Å². The maximum atomic E-state index is 12.0. The number of aryl methyl sites for hydroxylation is 1. The lowest BCUT2D eigenvalue weighted by Gasteiger charge is -2.14. The van der Waals surface area contributed by atoms with Crippen LogP contribution in [0.3, 0.4) is 0 Å². The monoisotopic (exact) mass is 250 g/mol. The third-order valence-corrected chi connectivity index (χ3v) is 3.66. The Morgan fingerprint density at radius 3 is 2.94 bits per heavy atom. The van der Waals surface area contributed by atoms with Crippen LogP contribution in [0, 0.1) is 5.92 Å². The van der Waals surface area contributed by atoms with Crippen LogP contribution in [0.25, 0.3) is 0 Å². The quantitative estimate of drug-likeness (QED) is 0.807. The highest BCUT2D eigenvalue weighted by Crippen LogP contribution is 2.22. The van der Waals surface area contributed by atoms with Crippen molar-refractivity contribution in [2.45, 2.75) is 58.4 Å². The lowest BCUT2D eigenvalue weighted by molar-refractivity contribution is 0.0923. The van der Waals surface area contributed by atoms with E-state index < -0.39 is 0 Å². The molecule has 18 heavy (non-hydrogen) atoms. The molecule has 0 bridgehead atoms. The van der Waals surface area contributed by atoms with Crippen molar-refractivity contribution in [3.63, 3.8) is 0 Å². The molecule has 2 N–H and O–H groups in total. The van der Waals surface area contributed by atoms with Crippen LogP contribution in [0.5, 0.6) is 0 Å². The molecule has 1 fully saturated rings. The fourth-order valence-corrected chi connectivity index (χ4v) is 2.44. The summed E-state index contributed by atoms with van der Waals surface area (Å²) in [4.78, 5) is 16.1. The van der Waals surface area contributed by atoms with Gasteiger partial charge in [0.1, 0.15) is 5.82 Å². The molecular formula is C13H22N4O. The van der Waals surface area contributed by atoms with Gasteiger partial charge in [0.2, 0.25) is 5.82 Å². The number of hydrogen-bond acceptors (Lipinski definition) is 3. The Balaban J connectivity index is 1.90. The van der Waals surface area contributed by atoms with E-state index in [9.17, 15) is 4.79 Å². The molecule has 1 aliphatic carbocycles. The lowest BCUT2D eigenvalue weighted by Crippen LogP contribution is -2.35. The smallest absolute Gasteiger partial charge is 0.291 e. The molecule has 1 aromatic heterocycles. The van der Waals surface area contributed by atoms with Gasteiger partial charge in [0.25, 0.3) is 5.91 Å². The van der Waals surface area contributed by atoms with Crippen LogP contribution in [0.1, 0.15) is 62.4 Å². The van der Waals surface area contributed by atoms with Crippen molar-refractivity contribution in [1.82, 2.24) is 20.5 Å². The van der Waals surface area contributed by atoms with Crippen molar-refractivity contribution in [1.29, 1.82) is 0 Å². The van der Waals surface area contributed by atoms with Crippen LogP contribution in [-0.4, -0.2) is 27.1 Å². The first-order chi connectivity index (χ1) is 8.69. The molecule has 1 aromatic rings. The van der Waals surface area contributed by atoms with E-state index in [0.717, 1.165) is 31.0 Å². The molecule has 5 heteroatoms. The summed E-state index contributed by atoms with van der Waals surface area (Å²) >= 11 is 0. The minimum absolute atomic E-state index is 0.148. The lowest BCUT2D eigenvalue weighted by atomic mass is 10.0. The number of hydrogen-bond donors (Lipinski definition) is 2. The minimum atomic E-state index is -0.148. The summed E-state index contributed by atoms with van der Waals surface area (Å²) in [7, 11) is 0. The van der Waals surface area contributed by atoms with Crippen LogP contribution in [0.15, 0.2) is 0 Å². The average molecular weight is 250 g/mol. The summed E-state index contributed by atoms with van der Waals surface area (Å²) in [6.07, 6.45) is 6.56. The second-order valence-corrected chi connectivity index (χ2v) is 5.24. The molecule has 1 heterocycles. The predicted molar refractivity (Wildman–Crippen MR) is 69.3 cm³/mol. The Hall–Kier alpha value is -1.39. The van der Waals surface area contributed by atoms with Crippen molar-refractivity contribution in [2.24, 2.45) is 5.92 Å². The summed E-state index contributed by atoms with van der Waals surface area (Å²) in [6, 6.07) is 0.283. The second kappa shape index (κ2) is 5.98. The van der Waals surface area contributed by atoms with E-state index in [2.05, 4.69) is 27.4 Å². The number of carbonyl (C=O) groups excluding carboxylic acids is 1. The third-order valence-electron chi connectivity index (χ3n) is 3.66. The number of aromatic nitrogens is 3. The molecule has 0 radical (unpaired) electrons. The highest BCUT2D eigenvalue weighted by Gasteiger charge is 2.20. The molecule has 100 valence electrons. The van der Waals surface area contributed by atoms with Gasteiger partial charge in [-0.25, -0.2) is 4.98 Å². The molecule has 2 unspecified atom stereocenters. The molecule has 1 aliphatic rings. The van der Waals surface area contributed by atoms with Crippen molar-refractivity contribution in [3.8, 4) is 0 Å². The van der Waals surface area contributed by atoms with E-state index >= 15 is 0 Å². The molecular weight excluding hydrogens is 228 g/mol. The largest absolute Gasteiger partial charge is 0.347 e. The molecule has 0 aromatic carbocycles. The van der Waals surface area contributed by atoms with Gasteiger partial charge in [-0.15, -0.1) is 5.10 Å². The summed E-state index contributed by atoms with van der Waals surface area (Å²) < 4.78 is 0. The van der Waals surface area contributed by atoms with E-state index in [-0.39, 0.29) is 17.8 Å². The number of nitrogens with zero attached hydrogens (tertiary/aromatic N) is 2. The number of aromatic amines is 1. The molecule has 0 spiro atoms. The Bertz CT molecular complexity index is 401. The zero-order chi connectivity index (χ0) is 13.0. The topological polar surface area (TPSA) is 70.7 Å². The van der Waals surface area contributed by atoms with Gasteiger partial charge in [-0.1, -0.05) is 26.7 Å². The Labute approximate surface area is 108 Å². The molecule has 2 rings (SSSR count). The molecule has 2 atom stereocenters. The van der Waals surface area contributed by atoms with Crippen LogP contribution in [0.2, 0.25) is 0 Å². The molecule has 1 saturated carbocycles. The SMILES string of the molecule is CCc1nc(C(=O)NC2CCCC(C)CC2)n[nH]1. The third kappa shape index (κ3) is 3.31. The van der Waals surface area contributed by atoms with Gasteiger partial charge in [0, 0.05) is 12.5 Å². The Morgan fingerprint density at radius 2 is 2.22 bits per heavy atom. The van der Waals surface area contributed by atoms with Gasteiger partial charge in [0.15, 0.2) is 0 Å². The van der Waals surface area contributed by atoms with Gasteiger partial charge < -0.3 is 5.32 Å². The number of H-pyrrole nitrogens is 1. The van der Waals surface area contributed by atoms with Gasteiger partial charge in [-0.05, 0) is 25.2 Å². The fraction of sp³-hybridized carbons (Fsp3) is 0.769. The van der Waals surface area contributed by atoms with Gasteiger partial charge in [0.05, 0.1) is 0 Å². The zero-order valence-corrected chi connectivity index (χ0v) is 11.2. The summed E-state index contributed by atoms with van der Waals surface area (Å²) in [6.45, 7) is 4.27. The van der Waals surface area contributed by atoms with Crippen molar-refractivity contribution < 1.29 is 4.79 Å². The number of carbonyl (C=O) groups is 1. The van der Waals surface area contributed by atoms with Crippen molar-refractivity contribution >= 4 is 5.91 Å². The van der Waals surface area contributed by atoms with Crippen LogP contribution >= 0.6 is 0 Å². The minimum Gasteiger partial charge on any atom is -0.347 e. The molecule has 0 aliphatic heterocycles. The highest BCUT2D eigenvalue weighted by molar-refractivity contribution is 5.90. The maximum absolute atomic E-state index is 12.0. The van der Waals surface area contributed by atoms with E-state index in [4.69, 9.17) is 0 Å². The van der Waals surface area contributed by atoms with Crippen LogP contribution in [0.4, 0.5) is 0 Å². The summed E-state index contributed by atoms with van der Waals surface area (Å²) in [5, 5.41) is 9.76. The van der Waals surface area contributed by atoms with Crippen LogP contribution in [-0.2, 0) is 6.42 Å². The first kappa shape index (κ1) is 13.1. The Morgan fingerprint density at radius 1 is 1.39 bits per heavy atom. The van der Waals surface area contributed by atoms with Crippen LogP contribution < -0.4 is 5.32 Å².